The molecular weight excluding hydrogens is 593 g/mol. The topological polar surface area (TPSA) is 134 Å². The summed E-state index contributed by atoms with van der Waals surface area (Å²) < 4.78 is 33.2. The van der Waals surface area contributed by atoms with E-state index < -0.39 is 32.0 Å². The number of nitrogens with two attached hydrogens (primary N) is 1. The highest BCUT2D eigenvalue weighted by atomic mass is 31.2. The van der Waals surface area contributed by atoms with E-state index in [-0.39, 0.29) is 32.0 Å². The average Bonchev–Trinajstić information content (AvgIpc) is 2.98. The molecule has 1 unspecified atom stereocenters. The lowest BCUT2D eigenvalue weighted by atomic mass is 10.1. The van der Waals surface area contributed by atoms with Crippen LogP contribution in [0.2, 0.25) is 0 Å². The molecule has 0 aliphatic carbocycles. The minimum Gasteiger partial charge on any atom is -0.462 e. The van der Waals surface area contributed by atoms with Crippen LogP contribution < -0.4 is 5.73 Å². The third-order valence-corrected chi connectivity index (χ3v) is 8.65. The fourth-order valence-corrected chi connectivity index (χ4v) is 5.87. The van der Waals surface area contributed by atoms with E-state index >= 15 is 0 Å². The van der Waals surface area contributed by atoms with E-state index in [2.05, 4.69) is 13.8 Å². The zero-order valence-electron chi connectivity index (χ0n) is 29.5. The van der Waals surface area contributed by atoms with Gasteiger partial charge in [0.1, 0.15) is 6.61 Å². The number of phosphoric ester groups is 1. The van der Waals surface area contributed by atoms with Gasteiger partial charge >= 0.3 is 19.8 Å². The number of phosphoric acid groups is 1. The van der Waals surface area contributed by atoms with Crippen molar-refractivity contribution in [1.29, 1.82) is 0 Å². The van der Waals surface area contributed by atoms with Gasteiger partial charge in [-0.1, -0.05) is 142 Å². The number of esters is 2. The van der Waals surface area contributed by atoms with Crippen LogP contribution in [0.3, 0.4) is 0 Å². The zero-order valence-corrected chi connectivity index (χ0v) is 30.4. The number of ether oxygens (including phenoxy) is 2. The van der Waals surface area contributed by atoms with Crippen LogP contribution in [0.15, 0.2) is 0 Å². The Bertz CT molecular complexity index is 758. The number of carbonyl (C=O) groups excluding carboxylic acids is 2. The molecule has 0 aromatic rings. The van der Waals surface area contributed by atoms with Crippen molar-refractivity contribution >= 4 is 19.8 Å². The molecule has 0 amide bonds. The monoisotopic (exact) mass is 663 g/mol. The molecule has 0 saturated carbocycles. The van der Waals surface area contributed by atoms with Crippen molar-refractivity contribution in [3.63, 3.8) is 0 Å². The molecule has 0 bridgehead atoms. The summed E-state index contributed by atoms with van der Waals surface area (Å²) in [5.74, 6) is -0.830. The maximum Gasteiger partial charge on any atom is 0.472 e. The summed E-state index contributed by atoms with van der Waals surface area (Å²) >= 11 is 0. The predicted molar refractivity (Wildman–Crippen MR) is 183 cm³/mol. The molecule has 0 radical (unpaired) electrons. The molecule has 10 heteroatoms. The van der Waals surface area contributed by atoms with E-state index in [0.717, 1.165) is 32.1 Å². The summed E-state index contributed by atoms with van der Waals surface area (Å²) in [4.78, 5) is 34.9. The Morgan fingerprint density at radius 1 is 0.622 bits per heavy atom. The van der Waals surface area contributed by atoms with Crippen molar-refractivity contribution < 1.29 is 37.6 Å². The van der Waals surface area contributed by atoms with Gasteiger partial charge in [-0.25, -0.2) is 4.57 Å². The van der Waals surface area contributed by atoms with E-state index in [4.69, 9.17) is 24.3 Å². The third kappa shape index (κ3) is 32.7. The molecule has 0 aliphatic rings. The number of rotatable bonds is 33. The minimum absolute atomic E-state index is 0.196. The smallest absolute Gasteiger partial charge is 0.462 e. The fraction of sp³-hybridized carbons (Fsp3) is 0.943. The average molecular weight is 664 g/mol. The summed E-state index contributed by atoms with van der Waals surface area (Å²) in [6.45, 7) is 6.89. The summed E-state index contributed by atoms with van der Waals surface area (Å²) in [5, 5.41) is 0. The van der Waals surface area contributed by atoms with Crippen molar-refractivity contribution in [3.8, 4) is 0 Å². The highest BCUT2D eigenvalue weighted by Gasteiger charge is 2.28. The molecule has 2 atom stereocenters. The van der Waals surface area contributed by atoms with E-state index in [0.29, 0.717) is 6.42 Å². The normalized spacial score (nSPS) is 13.8. The SMILES string of the molecule is CCCCCCCCCCCCCC(=O)OC[C@H](COP(=O)(O)OCC(C)(C)N)OC(=O)CCCCCCCCCCCCC. The van der Waals surface area contributed by atoms with Gasteiger partial charge in [0.05, 0.1) is 13.2 Å². The van der Waals surface area contributed by atoms with Gasteiger partial charge in [-0.05, 0) is 26.7 Å². The van der Waals surface area contributed by atoms with Crippen LogP contribution in [-0.4, -0.2) is 48.3 Å². The van der Waals surface area contributed by atoms with Crippen molar-refractivity contribution in [3.05, 3.63) is 0 Å². The van der Waals surface area contributed by atoms with Gasteiger partial charge in [-0.3, -0.25) is 18.6 Å². The first-order chi connectivity index (χ1) is 21.5. The van der Waals surface area contributed by atoms with Gasteiger partial charge in [0.15, 0.2) is 6.10 Å². The van der Waals surface area contributed by atoms with Crippen molar-refractivity contribution in [2.45, 2.75) is 193 Å². The second-order valence-corrected chi connectivity index (χ2v) is 14.8. The first kappa shape index (κ1) is 44.0. The summed E-state index contributed by atoms with van der Waals surface area (Å²) in [7, 11) is -4.43. The largest absolute Gasteiger partial charge is 0.472 e. The Labute approximate surface area is 276 Å². The van der Waals surface area contributed by atoms with Crippen molar-refractivity contribution in [2.24, 2.45) is 5.73 Å². The van der Waals surface area contributed by atoms with E-state index in [9.17, 15) is 19.0 Å². The summed E-state index contributed by atoms with van der Waals surface area (Å²) in [6.07, 6.45) is 25.5. The molecule has 9 nitrogen and oxygen atoms in total. The molecule has 0 heterocycles. The molecule has 0 fully saturated rings. The lowest BCUT2D eigenvalue weighted by Gasteiger charge is -2.22. The Balaban J connectivity index is 4.40. The van der Waals surface area contributed by atoms with E-state index in [1.54, 1.807) is 13.8 Å². The Kier molecular flexibility index (Phi) is 28.5. The molecule has 0 saturated heterocycles. The predicted octanol–water partition coefficient (Wildman–Crippen LogP) is 9.71. The van der Waals surface area contributed by atoms with Gasteiger partial charge in [0.2, 0.25) is 0 Å². The molecular formula is C35H70NO8P. The van der Waals surface area contributed by atoms with Crippen LogP contribution in [0.5, 0.6) is 0 Å². The van der Waals surface area contributed by atoms with Crippen LogP contribution in [0.25, 0.3) is 0 Å². The molecule has 0 aromatic carbocycles. The van der Waals surface area contributed by atoms with Crippen LogP contribution >= 0.6 is 7.82 Å². The van der Waals surface area contributed by atoms with Crippen LogP contribution in [0.4, 0.5) is 0 Å². The van der Waals surface area contributed by atoms with Crippen molar-refractivity contribution in [2.75, 3.05) is 19.8 Å². The molecule has 268 valence electrons. The zero-order chi connectivity index (χ0) is 33.7. The van der Waals surface area contributed by atoms with Crippen LogP contribution in [0, 0.1) is 0 Å². The molecule has 0 spiro atoms. The Morgan fingerprint density at radius 2 is 1.00 bits per heavy atom. The second kappa shape index (κ2) is 29.2. The van der Waals surface area contributed by atoms with Gasteiger partial charge < -0.3 is 20.1 Å². The number of hydrogen-bond donors (Lipinski definition) is 2. The minimum atomic E-state index is -4.43. The quantitative estimate of drug-likeness (QED) is 0.0400. The van der Waals surface area contributed by atoms with Crippen LogP contribution in [-0.2, 0) is 32.7 Å². The Hall–Kier alpha value is -0.990. The first-order valence-corrected chi connectivity index (χ1v) is 19.7. The molecule has 3 N–H and O–H groups in total. The maximum absolute atomic E-state index is 12.5. The lowest BCUT2D eigenvalue weighted by molar-refractivity contribution is -0.161. The molecule has 0 aromatic heterocycles. The van der Waals surface area contributed by atoms with Gasteiger partial charge in [0, 0.05) is 18.4 Å². The fourth-order valence-electron chi connectivity index (χ4n) is 4.95. The van der Waals surface area contributed by atoms with Gasteiger partial charge in [0.25, 0.3) is 0 Å². The number of unbranched alkanes of at least 4 members (excludes halogenated alkanes) is 20. The van der Waals surface area contributed by atoms with E-state index in [1.165, 1.54) is 103 Å². The summed E-state index contributed by atoms with van der Waals surface area (Å²) in [5.41, 5.74) is 4.99. The van der Waals surface area contributed by atoms with Gasteiger partial charge in [-0.15, -0.1) is 0 Å². The number of hydrogen-bond acceptors (Lipinski definition) is 8. The Morgan fingerprint density at radius 3 is 1.40 bits per heavy atom. The maximum atomic E-state index is 12.5. The van der Waals surface area contributed by atoms with Gasteiger partial charge in [-0.2, -0.15) is 0 Å². The van der Waals surface area contributed by atoms with Crippen molar-refractivity contribution in [1.82, 2.24) is 0 Å². The standard InChI is InChI=1S/C35H70NO8P/c1-5-7-9-11-13-15-17-19-21-23-25-27-33(37)41-29-32(30-42-45(39,40)43-31-35(3,4)36)44-34(38)28-26-24-22-20-18-16-14-12-10-8-6-2/h32H,5-31,36H2,1-4H3,(H,39,40)/t32-/m1/s1. The van der Waals surface area contributed by atoms with E-state index in [1.807, 2.05) is 0 Å². The molecule has 0 aliphatic heterocycles. The molecule has 0 rings (SSSR count). The highest BCUT2D eigenvalue weighted by molar-refractivity contribution is 7.47. The molecule has 45 heavy (non-hydrogen) atoms. The first-order valence-electron chi connectivity index (χ1n) is 18.2. The summed E-state index contributed by atoms with van der Waals surface area (Å²) in [6, 6.07) is 0. The number of carbonyl (C=O) groups is 2. The highest BCUT2D eigenvalue weighted by Crippen LogP contribution is 2.43. The lowest BCUT2D eigenvalue weighted by Crippen LogP contribution is -2.37. The third-order valence-electron chi connectivity index (χ3n) is 7.72. The second-order valence-electron chi connectivity index (χ2n) is 13.4. The van der Waals surface area contributed by atoms with Crippen LogP contribution in [0.1, 0.15) is 182 Å².